The fourth-order valence-electron chi connectivity index (χ4n) is 5.51. The van der Waals surface area contributed by atoms with Crippen LogP contribution in [0.15, 0.2) is 30.6 Å². The van der Waals surface area contributed by atoms with Gasteiger partial charge >= 0.3 is 0 Å². The minimum atomic E-state index is -1.66. The summed E-state index contributed by atoms with van der Waals surface area (Å²) in [4.78, 5) is 15.2. The van der Waals surface area contributed by atoms with E-state index in [0.29, 0.717) is 38.1 Å². The molecule has 2 fully saturated rings. The highest BCUT2D eigenvalue weighted by Gasteiger charge is 2.39. The van der Waals surface area contributed by atoms with Crippen LogP contribution in [0.2, 0.25) is 0 Å². The topological polar surface area (TPSA) is 104 Å². The highest BCUT2D eigenvalue weighted by atomic mass is 19.1. The standard InChI is InChI=1S/C28H35F2N5O3/c1-16(2)25-18(13-35-8-6-24(37)28(3,30)15-35)11-31-21-5-4-17(10-19(21)25)26-20(29)12-32-27(34-26)33-22-7-9-38-14-23(22)36/h4-5,10-12,16,22-24,36-37H,6-9,13-15H2,1-3H3,(H,32,33,34)/t22-,23-,24+,28+/m1/s1. The van der Waals surface area contributed by atoms with E-state index >= 15 is 0 Å². The predicted molar refractivity (Wildman–Crippen MR) is 141 cm³/mol. The van der Waals surface area contributed by atoms with Gasteiger partial charge in [0.2, 0.25) is 5.95 Å². The second-order valence-electron chi connectivity index (χ2n) is 10.9. The lowest BCUT2D eigenvalue weighted by Crippen LogP contribution is -2.52. The van der Waals surface area contributed by atoms with Gasteiger partial charge in [-0.2, -0.15) is 0 Å². The Balaban J connectivity index is 1.48. The summed E-state index contributed by atoms with van der Waals surface area (Å²) in [5.74, 6) is -0.169. The van der Waals surface area contributed by atoms with Crippen molar-refractivity contribution in [2.45, 2.75) is 70.0 Å². The van der Waals surface area contributed by atoms with Crippen LogP contribution in [0.3, 0.4) is 0 Å². The van der Waals surface area contributed by atoms with Gasteiger partial charge in [-0.05, 0) is 48.9 Å². The first-order valence-electron chi connectivity index (χ1n) is 13.2. The van der Waals surface area contributed by atoms with Crippen molar-refractivity contribution in [3.8, 4) is 11.3 Å². The summed E-state index contributed by atoms with van der Waals surface area (Å²) in [5, 5.41) is 24.2. The number of ether oxygens (including phenoxy) is 1. The number of alkyl halides is 1. The molecule has 2 aromatic heterocycles. The van der Waals surface area contributed by atoms with Gasteiger partial charge < -0.3 is 20.3 Å². The lowest BCUT2D eigenvalue weighted by atomic mass is 9.90. The summed E-state index contributed by atoms with van der Waals surface area (Å²) in [6, 6.07) is 5.27. The minimum Gasteiger partial charge on any atom is -0.390 e. The highest BCUT2D eigenvalue weighted by Crippen LogP contribution is 2.34. The number of anilines is 1. The quantitative estimate of drug-likeness (QED) is 0.445. The molecule has 0 spiro atoms. The molecule has 2 aliphatic rings. The van der Waals surface area contributed by atoms with Gasteiger partial charge in [-0.15, -0.1) is 0 Å². The lowest BCUT2D eigenvalue weighted by molar-refractivity contribution is -0.0592. The molecular weight excluding hydrogens is 492 g/mol. The average molecular weight is 528 g/mol. The molecule has 1 aromatic carbocycles. The second-order valence-corrected chi connectivity index (χ2v) is 10.9. The Hall–Kier alpha value is -2.79. The van der Waals surface area contributed by atoms with Crippen molar-refractivity contribution in [2.24, 2.45) is 0 Å². The molecule has 3 N–H and O–H groups in total. The number of hydrogen-bond donors (Lipinski definition) is 3. The van der Waals surface area contributed by atoms with Crippen molar-refractivity contribution in [3.05, 3.63) is 47.5 Å². The monoisotopic (exact) mass is 527 g/mol. The number of piperidine rings is 1. The number of halogens is 2. The molecule has 0 bridgehead atoms. The lowest BCUT2D eigenvalue weighted by Gasteiger charge is -2.39. The van der Waals surface area contributed by atoms with Gasteiger partial charge in [-0.3, -0.25) is 9.88 Å². The molecule has 0 radical (unpaired) electrons. The summed E-state index contributed by atoms with van der Waals surface area (Å²) in [5.41, 5.74) is 1.92. The van der Waals surface area contributed by atoms with Crippen LogP contribution in [-0.4, -0.2) is 80.3 Å². The maximum Gasteiger partial charge on any atom is 0.223 e. The molecule has 38 heavy (non-hydrogen) atoms. The Labute approximate surface area is 221 Å². The number of hydrogen-bond acceptors (Lipinski definition) is 8. The van der Waals surface area contributed by atoms with Gasteiger partial charge in [0.1, 0.15) is 11.4 Å². The third kappa shape index (κ3) is 5.49. The van der Waals surface area contributed by atoms with E-state index in [-0.39, 0.29) is 36.8 Å². The molecule has 10 heteroatoms. The summed E-state index contributed by atoms with van der Waals surface area (Å²) in [6.07, 6.45) is 2.29. The largest absolute Gasteiger partial charge is 0.390 e. The Bertz CT molecular complexity index is 1300. The maximum atomic E-state index is 15.0. The third-order valence-electron chi connectivity index (χ3n) is 7.57. The third-order valence-corrected chi connectivity index (χ3v) is 7.57. The van der Waals surface area contributed by atoms with E-state index in [1.54, 1.807) is 6.07 Å². The zero-order chi connectivity index (χ0) is 27.0. The fourth-order valence-corrected chi connectivity index (χ4v) is 5.51. The van der Waals surface area contributed by atoms with Crippen LogP contribution >= 0.6 is 0 Å². The van der Waals surface area contributed by atoms with E-state index in [4.69, 9.17) is 4.74 Å². The number of likely N-dealkylation sites (tertiary alicyclic amines) is 1. The molecule has 204 valence electrons. The van der Waals surface area contributed by atoms with Crippen molar-refractivity contribution < 1.29 is 23.7 Å². The number of aliphatic hydroxyl groups excluding tert-OH is 2. The first-order valence-corrected chi connectivity index (χ1v) is 13.2. The summed E-state index contributed by atoms with van der Waals surface area (Å²) >= 11 is 0. The minimum absolute atomic E-state index is 0.139. The Morgan fingerprint density at radius 2 is 2.03 bits per heavy atom. The van der Waals surface area contributed by atoms with Crippen LogP contribution in [0.5, 0.6) is 0 Å². The number of pyridine rings is 1. The summed E-state index contributed by atoms with van der Waals surface area (Å²) in [7, 11) is 0. The molecule has 3 aromatic rings. The van der Waals surface area contributed by atoms with E-state index in [2.05, 4.69) is 34.1 Å². The number of nitrogens with one attached hydrogen (secondary N) is 1. The molecule has 0 aliphatic carbocycles. The van der Waals surface area contributed by atoms with Crippen LogP contribution in [0.1, 0.15) is 50.7 Å². The van der Waals surface area contributed by atoms with Gasteiger partial charge in [0, 0.05) is 43.4 Å². The Kier molecular flexibility index (Phi) is 7.59. The number of aromatic nitrogens is 3. The van der Waals surface area contributed by atoms with Crippen LogP contribution in [-0.2, 0) is 11.3 Å². The smallest absolute Gasteiger partial charge is 0.223 e. The molecule has 2 saturated heterocycles. The fraction of sp³-hybridized carbons (Fsp3) is 0.536. The summed E-state index contributed by atoms with van der Waals surface area (Å²) < 4.78 is 35.1. The van der Waals surface area contributed by atoms with E-state index in [1.807, 2.05) is 23.2 Å². The van der Waals surface area contributed by atoms with E-state index in [1.165, 1.54) is 6.92 Å². The second kappa shape index (κ2) is 10.8. The normalized spacial score (nSPS) is 26.7. The highest BCUT2D eigenvalue weighted by molar-refractivity contribution is 5.88. The first kappa shape index (κ1) is 26.8. The number of benzene rings is 1. The summed E-state index contributed by atoms with van der Waals surface area (Å²) in [6.45, 7) is 7.63. The van der Waals surface area contributed by atoms with Crippen LogP contribution in [0, 0.1) is 5.82 Å². The van der Waals surface area contributed by atoms with Gasteiger partial charge in [0.15, 0.2) is 5.82 Å². The van der Waals surface area contributed by atoms with Gasteiger partial charge in [0.25, 0.3) is 0 Å². The van der Waals surface area contributed by atoms with Crippen molar-refractivity contribution in [3.63, 3.8) is 0 Å². The van der Waals surface area contributed by atoms with E-state index in [0.717, 1.165) is 28.2 Å². The zero-order valence-corrected chi connectivity index (χ0v) is 22.0. The SMILES string of the molecule is CC(C)c1c(CN2CC[C@H](O)[C@@](C)(F)C2)cnc2ccc(-c3nc(N[C@@H]4CCOC[C@H]4O)ncc3F)cc12. The van der Waals surface area contributed by atoms with Crippen molar-refractivity contribution in [1.29, 1.82) is 0 Å². The number of nitrogens with zero attached hydrogens (tertiary/aromatic N) is 4. The van der Waals surface area contributed by atoms with Crippen molar-refractivity contribution >= 4 is 16.9 Å². The number of aliphatic hydroxyl groups is 2. The van der Waals surface area contributed by atoms with E-state index < -0.39 is 23.7 Å². The molecule has 0 amide bonds. The Morgan fingerprint density at radius 1 is 1.21 bits per heavy atom. The molecule has 0 saturated carbocycles. The van der Waals surface area contributed by atoms with E-state index in [9.17, 15) is 19.0 Å². The van der Waals surface area contributed by atoms with Crippen molar-refractivity contribution in [1.82, 2.24) is 19.9 Å². The Morgan fingerprint density at radius 3 is 2.76 bits per heavy atom. The van der Waals surface area contributed by atoms with Crippen LogP contribution in [0.4, 0.5) is 14.7 Å². The first-order chi connectivity index (χ1) is 18.1. The number of fused-ring (bicyclic) bond motifs is 1. The van der Waals surface area contributed by atoms with Gasteiger partial charge in [-0.1, -0.05) is 19.9 Å². The molecule has 4 heterocycles. The zero-order valence-electron chi connectivity index (χ0n) is 22.0. The molecule has 2 aliphatic heterocycles. The van der Waals surface area contributed by atoms with Crippen LogP contribution < -0.4 is 5.32 Å². The van der Waals surface area contributed by atoms with Crippen LogP contribution in [0.25, 0.3) is 22.2 Å². The average Bonchev–Trinajstić information content (AvgIpc) is 2.88. The molecule has 5 rings (SSSR count). The molecule has 4 atom stereocenters. The molecule has 8 nitrogen and oxygen atoms in total. The van der Waals surface area contributed by atoms with Gasteiger partial charge in [-0.25, -0.2) is 18.7 Å². The predicted octanol–water partition coefficient (Wildman–Crippen LogP) is 3.81. The van der Waals surface area contributed by atoms with Crippen molar-refractivity contribution in [2.75, 3.05) is 31.6 Å². The molecular formula is C28H35F2N5O3. The number of rotatable bonds is 6. The maximum absolute atomic E-state index is 15.0. The van der Waals surface area contributed by atoms with Gasteiger partial charge in [0.05, 0.1) is 36.6 Å². The molecule has 0 unspecified atom stereocenters.